The third-order valence-corrected chi connectivity index (χ3v) is 3.61. The van der Waals surface area contributed by atoms with E-state index in [-0.39, 0.29) is 24.4 Å². The molecule has 0 bridgehead atoms. The summed E-state index contributed by atoms with van der Waals surface area (Å²) in [6.45, 7) is 3.16. The van der Waals surface area contributed by atoms with Gasteiger partial charge in [-0.25, -0.2) is 0 Å². The number of halogens is 2. The van der Waals surface area contributed by atoms with Gasteiger partial charge in [0.25, 0.3) is 0 Å². The summed E-state index contributed by atoms with van der Waals surface area (Å²) in [5.41, 5.74) is 6.59. The monoisotopic (exact) mass is 398 g/mol. The van der Waals surface area contributed by atoms with Crippen LogP contribution in [0.5, 0.6) is 11.5 Å². The van der Waals surface area contributed by atoms with E-state index < -0.39 is 0 Å². The number of benzene rings is 2. The van der Waals surface area contributed by atoms with Gasteiger partial charge in [0.1, 0.15) is 24.7 Å². The minimum absolute atomic E-state index is 0. The third kappa shape index (κ3) is 8.43. The molecule has 1 unspecified atom stereocenters. The quantitative estimate of drug-likeness (QED) is 0.633. The summed E-state index contributed by atoms with van der Waals surface area (Å²) in [5.74, 6) is 1.46. The van der Waals surface area contributed by atoms with Crippen molar-refractivity contribution in [3.05, 3.63) is 59.1 Å². The fourth-order valence-corrected chi connectivity index (χ4v) is 2.24. The van der Waals surface area contributed by atoms with Crippen LogP contribution in [0.25, 0.3) is 0 Å². The molecule has 2 aromatic rings. The largest absolute Gasteiger partial charge is 0.490 e. The highest BCUT2D eigenvalue weighted by molar-refractivity contribution is 6.30. The molecule has 0 aliphatic carbocycles. The smallest absolute Gasteiger partial charge is 0.221 e. The molecule has 0 aromatic heterocycles. The molecule has 1 atom stereocenters. The minimum Gasteiger partial charge on any atom is -0.490 e. The molecule has 2 rings (SSSR count). The number of carbonyl (C=O) groups excluding carboxylic acids is 1. The van der Waals surface area contributed by atoms with Gasteiger partial charge in [-0.05, 0) is 48.9 Å². The molecular formula is C19H24Cl2N2O3. The summed E-state index contributed by atoms with van der Waals surface area (Å²) in [6, 6.07) is 14.6. The van der Waals surface area contributed by atoms with Crippen molar-refractivity contribution in [2.75, 3.05) is 13.2 Å². The van der Waals surface area contributed by atoms with Crippen LogP contribution in [0.15, 0.2) is 48.5 Å². The van der Waals surface area contributed by atoms with Crippen LogP contribution in [0, 0.1) is 0 Å². The van der Waals surface area contributed by atoms with Crippen molar-refractivity contribution in [2.24, 2.45) is 5.73 Å². The van der Waals surface area contributed by atoms with Gasteiger partial charge in [-0.3, -0.25) is 4.79 Å². The Morgan fingerprint density at radius 2 is 1.54 bits per heavy atom. The van der Waals surface area contributed by atoms with Gasteiger partial charge < -0.3 is 20.5 Å². The second-order valence-corrected chi connectivity index (χ2v) is 6.19. The van der Waals surface area contributed by atoms with Gasteiger partial charge >= 0.3 is 0 Å². The Labute approximate surface area is 165 Å². The van der Waals surface area contributed by atoms with Crippen LogP contribution < -0.4 is 20.5 Å². The molecule has 26 heavy (non-hydrogen) atoms. The first-order valence-electron chi connectivity index (χ1n) is 8.15. The lowest BCUT2D eigenvalue weighted by atomic mass is 10.2. The Hall–Kier alpha value is -1.95. The Morgan fingerprint density at radius 1 is 1.04 bits per heavy atom. The average molecular weight is 399 g/mol. The number of carbonyl (C=O) groups is 1. The van der Waals surface area contributed by atoms with Gasteiger partial charge in [-0.2, -0.15) is 0 Å². The lowest BCUT2D eigenvalue weighted by molar-refractivity contribution is -0.121. The second-order valence-electron chi connectivity index (χ2n) is 5.75. The van der Waals surface area contributed by atoms with Crippen molar-refractivity contribution in [1.82, 2.24) is 5.32 Å². The molecule has 0 saturated carbocycles. The molecule has 3 N–H and O–H groups in total. The zero-order valence-corrected chi connectivity index (χ0v) is 16.2. The summed E-state index contributed by atoms with van der Waals surface area (Å²) in [5, 5.41) is 3.51. The van der Waals surface area contributed by atoms with E-state index in [4.69, 9.17) is 26.8 Å². The van der Waals surface area contributed by atoms with E-state index in [9.17, 15) is 4.79 Å². The van der Waals surface area contributed by atoms with Crippen molar-refractivity contribution in [3.8, 4) is 11.5 Å². The Balaban J connectivity index is 0.00000338. The molecule has 0 aliphatic heterocycles. The number of ether oxygens (including phenoxy) is 2. The molecule has 0 spiro atoms. The van der Waals surface area contributed by atoms with E-state index in [2.05, 4.69) is 5.32 Å². The molecule has 0 aliphatic rings. The van der Waals surface area contributed by atoms with Crippen LogP contribution >= 0.6 is 24.0 Å². The molecule has 142 valence electrons. The molecule has 7 heteroatoms. The normalized spacial score (nSPS) is 11.2. The SMILES string of the molecule is CC(N)CC(=O)NCc1ccc(OCCOc2ccc(Cl)cc2)cc1.Cl. The molecule has 0 heterocycles. The maximum Gasteiger partial charge on any atom is 0.221 e. The van der Waals surface area contributed by atoms with Crippen LogP contribution in [0.4, 0.5) is 0 Å². The second kappa shape index (κ2) is 11.6. The van der Waals surface area contributed by atoms with Gasteiger partial charge in [-0.1, -0.05) is 23.7 Å². The number of nitrogens with two attached hydrogens (primary N) is 1. The van der Waals surface area contributed by atoms with Crippen LogP contribution in [0.2, 0.25) is 5.02 Å². The maximum absolute atomic E-state index is 11.6. The van der Waals surface area contributed by atoms with E-state index in [0.29, 0.717) is 31.2 Å². The summed E-state index contributed by atoms with van der Waals surface area (Å²) in [4.78, 5) is 11.6. The van der Waals surface area contributed by atoms with Crippen molar-refractivity contribution in [1.29, 1.82) is 0 Å². The predicted molar refractivity (Wildman–Crippen MR) is 106 cm³/mol. The van der Waals surface area contributed by atoms with E-state index in [0.717, 1.165) is 17.1 Å². The Morgan fingerprint density at radius 3 is 2.04 bits per heavy atom. The summed E-state index contributed by atoms with van der Waals surface area (Å²) in [7, 11) is 0. The molecule has 2 aromatic carbocycles. The molecule has 0 radical (unpaired) electrons. The van der Waals surface area contributed by atoms with Crippen LogP contribution in [0.1, 0.15) is 18.9 Å². The van der Waals surface area contributed by atoms with Crippen LogP contribution in [-0.4, -0.2) is 25.2 Å². The van der Waals surface area contributed by atoms with Gasteiger partial charge in [0.05, 0.1) is 0 Å². The minimum atomic E-state index is -0.133. The molecule has 0 saturated heterocycles. The van der Waals surface area contributed by atoms with Gasteiger partial charge in [-0.15, -0.1) is 12.4 Å². The van der Waals surface area contributed by atoms with E-state index in [1.807, 2.05) is 43.3 Å². The summed E-state index contributed by atoms with van der Waals surface area (Å²) < 4.78 is 11.2. The molecule has 5 nitrogen and oxygen atoms in total. The van der Waals surface area contributed by atoms with Gasteiger partial charge in [0, 0.05) is 24.0 Å². The van der Waals surface area contributed by atoms with Gasteiger partial charge in [0.2, 0.25) is 5.91 Å². The first-order valence-corrected chi connectivity index (χ1v) is 8.53. The lowest BCUT2D eigenvalue weighted by Gasteiger charge is -2.10. The fraction of sp³-hybridized carbons (Fsp3) is 0.316. The third-order valence-electron chi connectivity index (χ3n) is 3.35. The highest BCUT2D eigenvalue weighted by Gasteiger charge is 2.04. The van der Waals surface area contributed by atoms with Crippen molar-refractivity contribution in [3.63, 3.8) is 0 Å². The Kier molecular flexibility index (Phi) is 9.88. The van der Waals surface area contributed by atoms with E-state index in [1.54, 1.807) is 12.1 Å². The first-order chi connectivity index (χ1) is 12.0. The molecular weight excluding hydrogens is 375 g/mol. The standard InChI is InChI=1S/C19H23ClN2O3.ClH/c1-14(21)12-19(23)22-13-15-2-6-17(7-3-15)24-10-11-25-18-8-4-16(20)5-9-18;/h2-9,14H,10-13,21H2,1H3,(H,22,23);1H. The summed E-state index contributed by atoms with van der Waals surface area (Å²) >= 11 is 5.82. The number of hydrogen-bond acceptors (Lipinski definition) is 4. The number of amides is 1. The van der Waals surface area contributed by atoms with Gasteiger partial charge in [0.15, 0.2) is 0 Å². The molecule has 0 fully saturated rings. The first kappa shape index (κ1) is 22.1. The van der Waals surface area contributed by atoms with Crippen molar-refractivity contribution < 1.29 is 14.3 Å². The topological polar surface area (TPSA) is 73.6 Å². The number of hydrogen-bond donors (Lipinski definition) is 2. The summed E-state index contributed by atoms with van der Waals surface area (Å²) in [6.07, 6.45) is 0.328. The van der Waals surface area contributed by atoms with Crippen LogP contribution in [-0.2, 0) is 11.3 Å². The fourth-order valence-electron chi connectivity index (χ4n) is 2.12. The van der Waals surface area contributed by atoms with Crippen molar-refractivity contribution >= 4 is 29.9 Å². The highest BCUT2D eigenvalue weighted by Crippen LogP contribution is 2.16. The number of rotatable bonds is 9. The zero-order valence-electron chi connectivity index (χ0n) is 14.6. The van der Waals surface area contributed by atoms with E-state index >= 15 is 0 Å². The highest BCUT2D eigenvalue weighted by atomic mass is 35.5. The van der Waals surface area contributed by atoms with Crippen molar-refractivity contribution in [2.45, 2.75) is 25.9 Å². The zero-order chi connectivity index (χ0) is 18.1. The molecule has 1 amide bonds. The predicted octanol–water partition coefficient (Wildman–Crippen LogP) is 3.57. The average Bonchev–Trinajstić information content (AvgIpc) is 2.59. The maximum atomic E-state index is 11.6. The number of nitrogens with one attached hydrogen (secondary N) is 1. The van der Waals surface area contributed by atoms with Crippen LogP contribution in [0.3, 0.4) is 0 Å². The van der Waals surface area contributed by atoms with E-state index in [1.165, 1.54) is 0 Å². The Bertz CT molecular complexity index is 661. The lowest BCUT2D eigenvalue weighted by Crippen LogP contribution is -2.29.